The molecule has 2 nitrogen and oxygen atoms in total. The number of aliphatic hydroxyl groups is 2. The monoisotopic (exact) mass is 314 g/mol. The van der Waals surface area contributed by atoms with E-state index in [9.17, 15) is 5.11 Å². The van der Waals surface area contributed by atoms with Crippen LogP contribution in [0.15, 0.2) is 0 Å². The van der Waals surface area contributed by atoms with Crippen molar-refractivity contribution in [2.24, 2.45) is 0 Å². The third-order valence-electron chi connectivity index (χ3n) is 4.59. The van der Waals surface area contributed by atoms with Crippen LogP contribution in [0.4, 0.5) is 0 Å². The van der Waals surface area contributed by atoms with Crippen LogP contribution >= 0.6 is 0 Å². The predicted octanol–water partition coefficient (Wildman–Crippen LogP) is 5.99. The van der Waals surface area contributed by atoms with Crippen molar-refractivity contribution in [3.63, 3.8) is 0 Å². The van der Waals surface area contributed by atoms with Gasteiger partial charge in [0.15, 0.2) is 0 Å². The van der Waals surface area contributed by atoms with Gasteiger partial charge in [-0.2, -0.15) is 0 Å². The lowest BCUT2D eigenvalue weighted by atomic mass is 10.0. The van der Waals surface area contributed by atoms with E-state index in [0.29, 0.717) is 6.61 Å². The molecule has 0 aliphatic rings. The first-order valence-corrected chi connectivity index (χ1v) is 10.1. The molecule has 0 aromatic heterocycles. The van der Waals surface area contributed by atoms with Gasteiger partial charge in [-0.1, -0.05) is 96.8 Å². The van der Waals surface area contributed by atoms with E-state index in [4.69, 9.17) is 5.11 Å². The largest absolute Gasteiger partial charge is 0.396 e. The van der Waals surface area contributed by atoms with Gasteiger partial charge >= 0.3 is 0 Å². The van der Waals surface area contributed by atoms with E-state index in [-0.39, 0.29) is 6.10 Å². The van der Waals surface area contributed by atoms with Crippen LogP contribution in [-0.2, 0) is 0 Å². The summed E-state index contributed by atoms with van der Waals surface area (Å²) >= 11 is 0. The highest BCUT2D eigenvalue weighted by molar-refractivity contribution is 4.57. The van der Waals surface area contributed by atoms with Crippen molar-refractivity contribution in [1.82, 2.24) is 0 Å². The molecule has 0 radical (unpaired) electrons. The Hall–Kier alpha value is -0.0800. The molecule has 2 N–H and O–H groups in total. The number of aliphatic hydroxyl groups excluding tert-OH is 2. The van der Waals surface area contributed by atoms with Gasteiger partial charge in [-0.15, -0.1) is 0 Å². The van der Waals surface area contributed by atoms with Gasteiger partial charge in [-0.25, -0.2) is 0 Å². The summed E-state index contributed by atoms with van der Waals surface area (Å²) in [7, 11) is 0. The second kappa shape index (κ2) is 19.0. The summed E-state index contributed by atoms with van der Waals surface area (Å²) < 4.78 is 0. The van der Waals surface area contributed by atoms with E-state index in [1.807, 2.05) is 0 Å². The van der Waals surface area contributed by atoms with Crippen LogP contribution in [0.3, 0.4) is 0 Å². The minimum atomic E-state index is -0.0480. The Labute approximate surface area is 139 Å². The molecular weight excluding hydrogens is 272 g/mol. The standard InChI is InChI=1S/C20H42O2/c1-2-3-4-11-14-17-20(22)18-15-12-9-7-5-6-8-10-13-16-19-21/h20-22H,2-19H2,1H3. The molecule has 0 amide bonds. The van der Waals surface area contributed by atoms with Crippen molar-refractivity contribution in [2.75, 3.05) is 6.61 Å². The molecule has 0 spiro atoms. The van der Waals surface area contributed by atoms with Crippen LogP contribution in [-0.4, -0.2) is 22.9 Å². The minimum absolute atomic E-state index is 0.0480. The molecule has 0 rings (SSSR count). The van der Waals surface area contributed by atoms with Gasteiger partial charge in [0.25, 0.3) is 0 Å². The van der Waals surface area contributed by atoms with Gasteiger partial charge in [-0.05, 0) is 19.3 Å². The molecule has 134 valence electrons. The topological polar surface area (TPSA) is 40.5 Å². The summed E-state index contributed by atoms with van der Waals surface area (Å²) in [6.45, 7) is 2.59. The quantitative estimate of drug-likeness (QED) is 0.305. The van der Waals surface area contributed by atoms with Gasteiger partial charge in [0.2, 0.25) is 0 Å². The molecule has 22 heavy (non-hydrogen) atoms. The molecule has 0 aliphatic carbocycles. The highest BCUT2D eigenvalue weighted by atomic mass is 16.3. The highest BCUT2D eigenvalue weighted by Gasteiger charge is 2.03. The van der Waals surface area contributed by atoms with Gasteiger partial charge in [0.05, 0.1) is 6.10 Å². The minimum Gasteiger partial charge on any atom is -0.396 e. The zero-order valence-electron chi connectivity index (χ0n) is 15.2. The summed E-state index contributed by atoms with van der Waals surface area (Å²) in [6.07, 6.45) is 21.1. The Kier molecular flexibility index (Phi) is 18.9. The van der Waals surface area contributed by atoms with Crippen LogP contribution in [0.2, 0.25) is 0 Å². The van der Waals surface area contributed by atoms with Crippen LogP contribution in [0.5, 0.6) is 0 Å². The van der Waals surface area contributed by atoms with E-state index in [1.54, 1.807) is 0 Å². The maximum atomic E-state index is 9.93. The Morgan fingerprint density at radius 3 is 1.32 bits per heavy atom. The maximum absolute atomic E-state index is 9.93. The average Bonchev–Trinajstić information content (AvgIpc) is 2.52. The van der Waals surface area contributed by atoms with Gasteiger partial charge in [0, 0.05) is 6.61 Å². The Bertz CT molecular complexity index is 194. The van der Waals surface area contributed by atoms with Crippen molar-refractivity contribution >= 4 is 0 Å². The summed E-state index contributed by atoms with van der Waals surface area (Å²) in [5.41, 5.74) is 0. The molecule has 0 fully saturated rings. The Morgan fingerprint density at radius 1 is 0.545 bits per heavy atom. The second-order valence-electron chi connectivity index (χ2n) is 6.90. The van der Waals surface area contributed by atoms with E-state index in [2.05, 4.69) is 6.92 Å². The van der Waals surface area contributed by atoms with Gasteiger partial charge in [0.1, 0.15) is 0 Å². The fourth-order valence-electron chi connectivity index (χ4n) is 3.03. The first-order chi connectivity index (χ1) is 10.8. The second-order valence-corrected chi connectivity index (χ2v) is 6.90. The van der Waals surface area contributed by atoms with Crippen molar-refractivity contribution < 1.29 is 10.2 Å². The number of hydrogen-bond donors (Lipinski definition) is 2. The van der Waals surface area contributed by atoms with Crippen molar-refractivity contribution in [1.29, 1.82) is 0 Å². The summed E-state index contributed by atoms with van der Waals surface area (Å²) in [5, 5.41) is 18.6. The van der Waals surface area contributed by atoms with E-state index < -0.39 is 0 Å². The SMILES string of the molecule is CCCCCCCC(O)CCCCCCCCCCCCO. The molecule has 0 aromatic rings. The maximum Gasteiger partial charge on any atom is 0.0540 e. The lowest BCUT2D eigenvalue weighted by molar-refractivity contribution is 0.147. The fourth-order valence-corrected chi connectivity index (χ4v) is 3.03. The first kappa shape index (κ1) is 21.9. The zero-order valence-corrected chi connectivity index (χ0v) is 15.2. The molecule has 0 aliphatic heterocycles. The first-order valence-electron chi connectivity index (χ1n) is 10.1. The Balaban J connectivity index is 3.09. The van der Waals surface area contributed by atoms with E-state index in [1.165, 1.54) is 89.9 Å². The van der Waals surface area contributed by atoms with Crippen LogP contribution in [0.25, 0.3) is 0 Å². The zero-order chi connectivity index (χ0) is 16.3. The van der Waals surface area contributed by atoms with E-state index >= 15 is 0 Å². The number of unbranched alkanes of at least 4 members (excludes halogenated alkanes) is 13. The predicted molar refractivity (Wildman–Crippen MR) is 97.3 cm³/mol. The lowest BCUT2D eigenvalue weighted by Gasteiger charge is -2.10. The van der Waals surface area contributed by atoms with Crippen molar-refractivity contribution in [2.45, 2.75) is 122 Å². The van der Waals surface area contributed by atoms with Gasteiger partial charge in [-0.3, -0.25) is 0 Å². The molecule has 2 heteroatoms. The molecule has 1 unspecified atom stereocenters. The molecule has 0 bridgehead atoms. The third kappa shape index (κ3) is 18.0. The molecule has 0 heterocycles. The number of rotatable bonds is 18. The van der Waals surface area contributed by atoms with Gasteiger partial charge < -0.3 is 10.2 Å². The number of hydrogen-bond acceptors (Lipinski definition) is 2. The lowest BCUT2D eigenvalue weighted by Crippen LogP contribution is -2.05. The fraction of sp³-hybridized carbons (Fsp3) is 1.00. The molecular formula is C20H42O2. The summed E-state index contributed by atoms with van der Waals surface area (Å²) in [4.78, 5) is 0. The normalized spacial score (nSPS) is 12.7. The van der Waals surface area contributed by atoms with Crippen molar-refractivity contribution in [3.8, 4) is 0 Å². The summed E-state index contributed by atoms with van der Waals surface area (Å²) in [5.74, 6) is 0. The molecule has 1 atom stereocenters. The third-order valence-corrected chi connectivity index (χ3v) is 4.59. The summed E-state index contributed by atoms with van der Waals surface area (Å²) in [6, 6.07) is 0. The van der Waals surface area contributed by atoms with Crippen molar-refractivity contribution in [3.05, 3.63) is 0 Å². The van der Waals surface area contributed by atoms with Crippen LogP contribution in [0, 0.1) is 0 Å². The van der Waals surface area contributed by atoms with E-state index in [0.717, 1.165) is 19.3 Å². The Morgan fingerprint density at radius 2 is 0.909 bits per heavy atom. The smallest absolute Gasteiger partial charge is 0.0540 e. The van der Waals surface area contributed by atoms with Crippen LogP contribution < -0.4 is 0 Å². The molecule has 0 saturated carbocycles. The molecule has 0 aromatic carbocycles. The average molecular weight is 315 g/mol. The van der Waals surface area contributed by atoms with Crippen LogP contribution in [0.1, 0.15) is 116 Å². The molecule has 0 saturated heterocycles. The highest BCUT2D eigenvalue weighted by Crippen LogP contribution is 2.14.